The zero-order chi connectivity index (χ0) is 28.8. The van der Waals surface area contributed by atoms with Gasteiger partial charge in [0.1, 0.15) is 5.60 Å². The van der Waals surface area contributed by atoms with Gasteiger partial charge in [-0.25, -0.2) is 9.78 Å². The SMILES string of the molecule is CC(C)(C)OC(=O)NCc1ccc(-c2nc3ccnc(CNC(=O)c4ccccc4)c3cc2-c2ccccc2)cc1. The van der Waals surface area contributed by atoms with Crippen LogP contribution in [0.4, 0.5) is 4.79 Å². The number of fused-ring (bicyclic) bond motifs is 1. The number of amides is 2. The standard InChI is InChI=1S/C34H32N4O3/c1-34(2,3)41-33(40)37-21-23-14-16-25(17-15-23)31-27(24-10-6-4-7-11-24)20-28-29(38-31)18-19-35-30(28)22-36-32(39)26-12-8-5-9-13-26/h4-20H,21-22H2,1-3H3,(H,36,39)(H,37,40). The van der Waals surface area contributed by atoms with Gasteiger partial charge >= 0.3 is 6.09 Å². The van der Waals surface area contributed by atoms with Gasteiger partial charge in [0.15, 0.2) is 0 Å². The number of benzene rings is 3. The molecule has 2 N–H and O–H groups in total. The van der Waals surface area contributed by atoms with Crippen LogP contribution in [-0.4, -0.2) is 27.6 Å². The maximum absolute atomic E-state index is 12.7. The van der Waals surface area contributed by atoms with Crippen LogP contribution >= 0.6 is 0 Å². The van der Waals surface area contributed by atoms with Crippen molar-refractivity contribution in [3.8, 4) is 22.4 Å². The lowest BCUT2D eigenvalue weighted by atomic mass is 9.96. The normalized spacial score (nSPS) is 11.2. The fourth-order valence-electron chi connectivity index (χ4n) is 4.48. The summed E-state index contributed by atoms with van der Waals surface area (Å²) in [5.74, 6) is -0.154. The Balaban J connectivity index is 1.45. The highest BCUT2D eigenvalue weighted by atomic mass is 16.6. The number of aromatic nitrogens is 2. The molecule has 2 aromatic heterocycles. The molecule has 0 spiro atoms. The first-order chi connectivity index (χ1) is 19.8. The van der Waals surface area contributed by atoms with E-state index in [4.69, 9.17) is 9.72 Å². The van der Waals surface area contributed by atoms with Gasteiger partial charge in [-0.1, -0.05) is 72.8 Å². The Hall–Kier alpha value is -5.04. The molecule has 2 heterocycles. The molecule has 206 valence electrons. The Labute approximate surface area is 239 Å². The van der Waals surface area contributed by atoms with E-state index in [1.807, 2.05) is 87.5 Å². The van der Waals surface area contributed by atoms with Crippen LogP contribution in [0.15, 0.2) is 103 Å². The van der Waals surface area contributed by atoms with E-state index in [0.29, 0.717) is 12.1 Å². The Morgan fingerprint density at radius 1 is 0.780 bits per heavy atom. The lowest BCUT2D eigenvalue weighted by molar-refractivity contribution is 0.0523. The summed E-state index contributed by atoms with van der Waals surface area (Å²) in [6.07, 6.45) is 1.27. The summed E-state index contributed by atoms with van der Waals surface area (Å²) in [6.45, 7) is 6.14. The second-order valence-corrected chi connectivity index (χ2v) is 10.7. The molecule has 3 aromatic carbocycles. The molecule has 0 fully saturated rings. The monoisotopic (exact) mass is 544 g/mol. The van der Waals surface area contributed by atoms with Crippen LogP contribution in [0.25, 0.3) is 33.3 Å². The van der Waals surface area contributed by atoms with Crippen molar-refractivity contribution >= 4 is 22.9 Å². The fourth-order valence-corrected chi connectivity index (χ4v) is 4.48. The second-order valence-electron chi connectivity index (χ2n) is 10.7. The topological polar surface area (TPSA) is 93.2 Å². The summed E-state index contributed by atoms with van der Waals surface area (Å²) < 4.78 is 5.33. The minimum absolute atomic E-state index is 0.154. The summed E-state index contributed by atoms with van der Waals surface area (Å²) in [5, 5.41) is 6.66. The predicted molar refractivity (Wildman–Crippen MR) is 161 cm³/mol. The fraction of sp³-hybridized carbons (Fsp3) is 0.176. The first-order valence-electron chi connectivity index (χ1n) is 13.5. The van der Waals surface area contributed by atoms with Crippen molar-refractivity contribution in [1.82, 2.24) is 20.6 Å². The average Bonchev–Trinajstić information content (AvgIpc) is 2.98. The third-order valence-electron chi connectivity index (χ3n) is 6.43. The molecular formula is C34H32N4O3. The molecular weight excluding hydrogens is 512 g/mol. The summed E-state index contributed by atoms with van der Waals surface area (Å²) in [5.41, 5.74) is 6.29. The summed E-state index contributed by atoms with van der Waals surface area (Å²) >= 11 is 0. The highest BCUT2D eigenvalue weighted by Crippen LogP contribution is 2.34. The van der Waals surface area contributed by atoms with Gasteiger partial charge in [0.2, 0.25) is 0 Å². The van der Waals surface area contributed by atoms with Gasteiger partial charge in [-0.15, -0.1) is 0 Å². The molecule has 0 saturated carbocycles. The summed E-state index contributed by atoms with van der Waals surface area (Å²) in [4.78, 5) is 34.4. The number of ether oxygens (including phenoxy) is 1. The number of nitrogens with one attached hydrogen (secondary N) is 2. The number of pyridine rings is 2. The van der Waals surface area contributed by atoms with Crippen molar-refractivity contribution in [2.75, 3.05) is 0 Å². The van der Waals surface area contributed by atoms with E-state index < -0.39 is 11.7 Å². The van der Waals surface area contributed by atoms with E-state index in [-0.39, 0.29) is 12.5 Å². The molecule has 7 nitrogen and oxygen atoms in total. The maximum Gasteiger partial charge on any atom is 0.407 e. The maximum atomic E-state index is 12.7. The van der Waals surface area contributed by atoms with Crippen LogP contribution in [0.2, 0.25) is 0 Å². The second kappa shape index (κ2) is 12.0. The van der Waals surface area contributed by atoms with Crippen molar-refractivity contribution in [3.05, 3.63) is 120 Å². The molecule has 0 bridgehead atoms. The average molecular weight is 545 g/mol. The first kappa shape index (κ1) is 27.5. The zero-order valence-corrected chi connectivity index (χ0v) is 23.3. The Bertz CT molecular complexity index is 1660. The Morgan fingerprint density at radius 2 is 1.46 bits per heavy atom. The molecule has 0 aliphatic carbocycles. The smallest absolute Gasteiger partial charge is 0.407 e. The van der Waals surface area contributed by atoms with Crippen LogP contribution in [-0.2, 0) is 17.8 Å². The highest BCUT2D eigenvalue weighted by molar-refractivity contribution is 5.95. The van der Waals surface area contributed by atoms with E-state index in [0.717, 1.165) is 44.5 Å². The minimum atomic E-state index is -0.549. The Morgan fingerprint density at radius 3 is 2.15 bits per heavy atom. The molecule has 0 radical (unpaired) electrons. The number of rotatable bonds is 7. The molecule has 0 saturated heterocycles. The number of nitrogens with zero attached hydrogens (tertiary/aromatic N) is 2. The zero-order valence-electron chi connectivity index (χ0n) is 23.3. The Kier molecular flexibility index (Phi) is 8.06. The largest absolute Gasteiger partial charge is 0.444 e. The van der Waals surface area contributed by atoms with Gasteiger partial charge < -0.3 is 15.4 Å². The van der Waals surface area contributed by atoms with Crippen LogP contribution < -0.4 is 10.6 Å². The summed E-state index contributed by atoms with van der Waals surface area (Å²) in [7, 11) is 0. The van der Waals surface area contributed by atoms with Gasteiger partial charge in [-0.3, -0.25) is 9.78 Å². The first-order valence-corrected chi connectivity index (χ1v) is 13.5. The molecule has 41 heavy (non-hydrogen) atoms. The number of hydrogen-bond acceptors (Lipinski definition) is 5. The van der Waals surface area contributed by atoms with Gasteiger partial charge in [0, 0.05) is 34.8 Å². The van der Waals surface area contributed by atoms with Gasteiger partial charge in [-0.05, 0) is 56.2 Å². The predicted octanol–water partition coefficient (Wildman–Crippen LogP) is 6.92. The lowest BCUT2D eigenvalue weighted by Crippen LogP contribution is -2.32. The van der Waals surface area contributed by atoms with Gasteiger partial charge in [-0.2, -0.15) is 0 Å². The van der Waals surface area contributed by atoms with E-state index >= 15 is 0 Å². The van der Waals surface area contributed by atoms with Crippen molar-refractivity contribution in [2.45, 2.75) is 39.5 Å². The number of alkyl carbamates (subject to hydrolysis) is 1. The molecule has 5 aromatic rings. The van der Waals surface area contributed by atoms with Crippen molar-refractivity contribution in [3.63, 3.8) is 0 Å². The number of carbonyl (C=O) groups excluding carboxylic acids is 2. The molecule has 2 amide bonds. The van der Waals surface area contributed by atoms with Crippen molar-refractivity contribution in [2.24, 2.45) is 0 Å². The molecule has 0 unspecified atom stereocenters. The van der Waals surface area contributed by atoms with Crippen LogP contribution in [0.5, 0.6) is 0 Å². The number of carbonyl (C=O) groups is 2. The van der Waals surface area contributed by atoms with E-state index in [9.17, 15) is 9.59 Å². The molecule has 0 aliphatic rings. The van der Waals surface area contributed by atoms with Gasteiger partial charge in [0.05, 0.1) is 23.4 Å². The van der Waals surface area contributed by atoms with Crippen molar-refractivity contribution < 1.29 is 14.3 Å². The van der Waals surface area contributed by atoms with E-state index in [2.05, 4.69) is 33.8 Å². The molecule has 0 aliphatic heterocycles. The van der Waals surface area contributed by atoms with Crippen LogP contribution in [0.3, 0.4) is 0 Å². The van der Waals surface area contributed by atoms with Crippen LogP contribution in [0, 0.1) is 0 Å². The quantitative estimate of drug-likeness (QED) is 0.232. The molecule has 5 rings (SSSR count). The molecule has 7 heteroatoms. The minimum Gasteiger partial charge on any atom is -0.444 e. The van der Waals surface area contributed by atoms with Crippen LogP contribution in [0.1, 0.15) is 42.4 Å². The van der Waals surface area contributed by atoms with Gasteiger partial charge in [0.25, 0.3) is 5.91 Å². The summed E-state index contributed by atoms with van der Waals surface area (Å²) in [6, 6.07) is 31.2. The third-order valence-corrected chi connectivity index (χ3v) is 6.43. The van der Waals surface area contributed by atoms with E-state index in [1.54, 1.807) is 18.3 Å². The lowest BCUT2D eigenvalue weighted by Gasteiger charge is -2.19. The molecule has 0 atom stereocenters. The highest BCUT2D eigenvalue weighted by Gasteiger charge is 2.17. The van der Waals surface area contributed by atoms with E-state index in [1.165, 1.54) is 0 Å². The number of hydrogen-bond donors (Lipinski definition) is 2. The van der Waals surface area contributed by atoms with Crippen molar-refractivity contribution in [1.29, 1.82) is 0 Å². The third kappa shape index (κ3) is 6.94.